The Hall–Kier alpha value is 0.682. The third-order valence-corrected chi connectivity index (χ3v) is 68.6. The van der Waals surface area contributed by atoms with Gasteiger partial charge in [-0.3, -0.25) is 0 Å². The van der Waals surface area contributed by atoms with Gasteiger partial charge in [0.2, 0.25) is 0 Å². The molecule has 86 heavy (non-hydrogen) atoms. The van der Waals surface area contributed by atoms with E-state index in [-0.39, 0.29) is 56.4 Å². The molecule has 0 amide bonds. The van der Waals surface area contributed by atoms with E-state index >= 15 is 0 Å². The Kier molecular flexibility index (Phi) is 22.9. The molecule has 0 spiro atoms. The van der Waals surface area contributed by atoms with Gasteiger partial charge >= 0.3 is 76.2 Å². The van der Waals surface area contributed by atoms with E-state index in [0.717, 1.165) is 205 Å². The average molecular weight is 1350 g/mol. The largest absolute Gasteiger partial charge is 0.482 e. The molecule has 14 nitrogen and oxygen atoms in total. The Labute approximate surface area is 532 Å². The van der Waals surface area contributed by atoms with Gasteiger partial charge in [-0.15, -0.1) is 0 Å². The van der Waals surface area contributed by atoms with Crippen LogP contribution in [-0.4, -0.2) is 91.1 Å². The minimum atomic E-state index is -4.38. The lowest BCUT2D eigenvalue weighted by atomic mass is 10.2. The van der Waals surface area contributed by atoms with E-state index < -0.39 is 78.5 Å². The smallest absolute Gasteiger partial charge is 0.462 e. The van der Waals surface area contributed by atoms with Crippen LogP contribution in [0.25, 0.3) is 0 Å². The minimum Gasteiger partial charge on any atom is -0.462 e. The maximum absolute atomic E-state index is 13.2. The maximum atomic E-state index is 13.2. The lowest BCUT2D eigenvalue weighted by Gasteiger charge is -2.65. The zero-order valence-corrected chi connectivity index (χ0v) is 64.3. The van der Waals surface area contributed by atoms with Crippen LogP contribution in [0.1, 0.15) is 304 Å². The molecule has 4 unspecified atom stereocenters. The zero-order valence-electron chi connectivity index (χ0n) is 55.3. The summed E-state index contributed by atoms with van der Waals surface area (Å²) in [7, 11) is -36.6. The molecule has 4 aliphatic heterocycles. The molecule has 11 fully saturated rings. The van der Waals surface area contributed by atoms with Gasteiger partial charge in [0.25, 0.3) is 0 Å². The first-order valence-corrected chi connectivity index (χ1v) is 54.6. The molecule has 0 aromatic heterocycles. The average Bonchev–Trinajstić information content (AvgIpc) is 0.789. The van der Waals surface area contributed by atoms with Crippen LogP contribution in [0, 0.1) is 0 Å². The fourth-order valence-corrected chi connectivity index (χ4v) is 75.8. The predicted molar refractivity (Wildman–Crippen MR) is 357 cm³/mol. The molecule has 23 heteroatoms. The van der Waals surface area contributed by atoms with E-state index in [1.165, 1.54) is 64.2 Å². The SMILES string of the molecule is C=C(C)C(=O)OCCC[Si]1(C)O[Si]2(C3CCCCCC3)O[Si]3(C4CCCCCC4)O[Si](C4CCCCCC4)(O1)O[Si]1(C4CCCCCC4)O[Si](C4CCCCCC4)(O3)O[Si](C3CCCCCC3)(O2)O[Si](O[Si](C)(C)C(C)(C)C)(C2CCCCCC2)O1. The van der Waals surface area contributed by atoms with E-state index in [1.54, 1.807) is 6.92 Å². The van der Waals surface area contributed by atoms with Crippen LogP contribution >= 0.6 is 0 Å². The van der Waals surface area contributed by atoms with Crippen LogP contribution in [-0.2, 0) is 58.9 Å². The first-order valence-electron chi connectivity index (χ1n) is 36.5. The van der Waals surface area contributed by atoms with Crippen LogP contribution in [0.3, 0.4) is 0 Å². The van der Waals surface area contributed by atoms with Gasteiger partial charge in [-0.2, -0.15) is 0 Å². The number of hydrogen-bond acceptors (Lipinski definition) is 14. The van der Waals surface area contributed by atoms with Crippen LogP contribution in [0.15, 0.2) is 12.2 Å². The summed E-state index contributed by atoms with van der Waals surface area (Å²) in [6.45, 7) is 20.3. The highest BCUT2D eigenvalue weighted by atomic mass is 28.6. The molecule has 0 N–H and O–H groups in total. The highest BCUT2D eigenvalue weighted by Gasteiger charge is 2.85. The molecule has 7 saturated carbocycles. The summed E-state index contributed by atoms with van der Waals surface area (Å²) in [5, 5.41) is -0.175. The van der Waals surface area contributed by atoms with E-state index in [4.69, 9.17) is 29.4 Å². The molecule has 0 radical (unpaired) electrons. The van der Waals surface area contributed by atoms with Crippen molar-refractivity contribution in [3.63, 3.8) is 0 Å². The Balaban J connectivity index is 1.29. The van der Waals surface area contributed by atoms with Gasteiger partial charge in [0, 0.05) is 44.4 Å². The summed E-state index contributed by atoms with van der Waals surface area (Å²) in [4.78, 5) is 13.2. The van der Waals surface area contributed by atoms with E-state index in [2.05, 4.69) is 47.0 Å². The van der Waals surface area contributed by atoms with Gasteiger partial charge in [0.1, 0.15) is 0 Å². The molecular weight excluding hydrogens is 1230 g/mol. The summed E-state index contributed by atoms with van der Waals surface area (Å²) in [5.41, 5.74) is 0.0141. The number of hydrogen-bond donors (Lipinski definition) is 0. The van der Waals surface area contributed by atoms with Crippen molar-refractivity contribution in [2.24, 2.45) is 0 Å². The van der Waals surface area contributed by atoms with E-state index in [0.29, 0.717) is 18.0 Å². The Bertz CT molecular complexity index is 2120. The molecule has 11 aliphatic rings. The predicted octanol–water partition coefficient (Wildman–Crippen LogP) is 19.5. The summed E-state index contributed by atoms with van der Waals surface area (Å²) < 4.78 is 115. The molecule has 7 aliphatic carbocycles. The Morgan fingerprint density at radius 1 is 0.395 bits per heavy atom. The van der Waals surface area contributed by atoms with Crippen LogP contribution in [0.4, 0.5) is 0 Å². The molecule has 4 heterocycles. The second-order valence-electron chi connectivity index (χ2n) is 31.2. The molecular formula is C63H120O14Si9. The summed E-state index contributed by atoms with van der Waals surface area (Å²) in [6, 6.07) is 0.535. The molecule has 492 valence electrons. The molecule has 11 rings (SSSR count). The third kappa shape index (κ3) is 15.0. The van der Waals surface area contributed by atoms with E-state index in [9.17, 15) is 29.5 Å². The van der Waals surface area contributed by atoms with Gasteiger partial charge in [-0.1, -0.05) is 207 Å². The maximum Gasteiger partial charge on any atom is 0.482 e. The van der Waals surface area contributed by atoms with Gasteiger partial charge in [-0.05, 0) is 134 Å². The highest BCUT2D eigenvalue weighted by Crippen LogP contribution is 2.64. The van der Waals surface area contributed by atoms with Gasteiger partial charge in [0.15, 0.2) is 8.32 Å². The second kappa shape index (κ2) is 29.0. The molecule has 0 aromatic carbocycles. The van der Waals surface area contributed by atoms with Crippen LogP contribution in [0.2, 0.25) is 69.5 Å². The zero-order chi connectivity index (χ0) is 60.2. The highest BCUT2D eigenvalue weighted by molar-refractivity contribution is 7.03. The number of carbonyl (C=O) groups excluding carboxylic acids is 1. The quantitative estimate of drug-likeness (QED) is 0.0536. The van der Waals surface area contributed by atoms with Crippen LogP contribution < -0.4 is 0 Å². The minimum absolute atomic E-state index is 0.0109. The number of esters is 1. The van der Waals surface area contributed by atoms with Gasteiger partial charge in [-0.25, -0.2) is 4.79 Å². The fraction of sp³-hybridized carbons (Fsp3) is 0.952. The Morgan fingerprint density at radius 2 is 0.628 bits per heavy atom. The summed E-state index contributed by atoms with van der Waals surface area (Å²) in [5.74, 6) is -0.369. The van der Waals surface area contributed by atoms with Gasteiger partial charge in [0.05, 0.1) is 6.61 Å². The Morgan fingerprint density at radius 3 is 0.872 bits per heavy atom. The molecule has 4 atom stereocenters. The van der Waals surface area contributed by atoms with Crippen molar-refractivity contribution in [1.29, 1.82) is 0 Å². The first-order chi connectivity index (χ1) is 41.3. The molecule has 4 saturated heterocycles. The lowest BCUT2D eigenvalue weighted by Crippen LogP contribution is -2.88. The first kappa shape index (κ1) is 68.1. The summed E-state index contributed by atoms with van der Waals surface area (Å²) >= 11 is 0. The van der Waals surface area contributed by atoms with Crippen molar-refractivity contribution < 1.29 is 58.9 Å². The molecule has 6 bridgehead atoms. The summed E-state index contributed by atoms with van der Waals surface area (Å²) in [6.07, 6.45) is 45.0. The number of ether oxygens (including phenoxy) is 1. The van der Waals surface area contributed by atoms with Crippen LogP contribution in [0.5, 0.6) is 0 Å². The van der Waals surface area contributed by atoms with Crippen molar-refractivity contribution in [2.45, 2.75) is 373 Å². The fourth-order valence-electron chi connectivity index (χ4n) is 17.3. The standard InChI is InChI=1S/C63H120O14Si9/c1-54(2)62(64)65-52-37-53-79(8)67-81(56-40-25-11-12-26-41-56)71-83(58-44-29-15-16-30-45-58)69-80(55-38-23-9-10-24-39-55,66-78(6,7)63(3,4)5)70-84(59-46-31-17-18-32-47-59)72-82(68-79,57-42-27-13-14-28-43-57)74-85(73-81,60-48-33-19-20-34-49-60)77-86(75-83,76-84)61-50-35-21-22-36-51-61/h55-61H,1,9-53H2,2-8H3. The van der Waals surface area contributed by atoms with Gasteiger partial charge < -0.3 is 54.1 Å². The third-order valence-electron chi connectivity index (χ3n) is 23.3. The van der Waals surface area contributed by atoms with Crippen molar-refractivity contribution in [1.82, 2.24) is 0 Å². The number of fused-ring (bicyclic) bond motifs is 4. The monoisotopic (exact) mass is 1350 g/mol. The van der Waals surface area contributed by atoms with Crippen molar-refractivity contribution >= 4 is 84.5 Å². The topological polar surface area (TPSA) is 137 Å². The lowest BCUT2D eigenvalue weighted by molar-refractivity contribution is -0.139. The number of carbonyl (C=O) groups is 1. The van der Waals surface area contributed by atoms with Crippen molar-refractivity contribution in [3.05, 3.63) is 12.2 Å². The number of rotatable bonds is 14. The van der Waals surface area contributed by atoms with Crippen molar-refractivity contribution in [2.75, 3.05) is 6.61 Å². The molecule has 0 aromatic rings. The normalized spacial score (nSPS) is 39.5. The second-order valence-corrected chi connectivity index (χ2v) is 62.4. The van der Waals surface area contributed by atoms with Crippen molar-refractivity contribution in [3.8, 4) is 0 Å². The van der Waals surface area contributed by atoms with E-state index in [1.807, 2.05) is 0 Å².